The van der Waals surface area contributed by atoms with Crippen molar-refractivity contribution in [3.63, 3.8) is 0 Å². The molecule has 0 fully saturated rings. The smallest absolute Gasteiger partial charge is 0.271 e. The van der Waals surface area contributed by atoms with E-state index >= 15 is 0 Å². The highest BCUT2D eigenvalue weighted by molar-refractivity contribution is 7.98. The summed E-state index contributed by atoms with van der Waals surface area (Å²) in [7, 11) is 0. The van der Waals surface area contributed by atoms with Crippen LogP contribution in [-0.4, -0.2) is 33.9 Å². The van der Waals surface area contributed by atoms with Gasteiger partial charge in [0.15, 0.2) is 0 Å². The number of nitrogens with one attached hydrogen (secondary N) is 1. The van der Waals surface area contributed by atoms with Gasteiger partial charge in [0.05, 0.1) is 12.4 Å². The molecular weight excluding hydrogens is 224 g/mol. The Morgan fingerprint density at radius 2 is 2.38 bits per heavy atom. The predicted molar refractivity (Wildman–Crippen MR) is 66.4 cm³/mol. The summed E-state index contributed by atoms with van der Waals surface area (Å²) in [5, 5.41) is 2.89. The van der Waals surface area contributed by atoms with Crippen molar-refractivity contribution < 1.29 is 4.79 Å². The molecule has 0 aliphatic carbocycles. The summed E-state index contributed by atoms with van der Waals surface area (Å²) in [6.45, 7) is 2.03. The highest BCUT2D eigenvalue weighted by Gasteiger charge is 2.13. The number of amides is 1. The van der Waals surface area contributed by atoms with Gasteiger partial charge in [-0.2, -0.15) is 11.8 Å². The van der Waals surface area contributed by atoms with Crippen molar-refractivity contribution in [1.82, 2.24) is 15.3 Å². The molecule has 0 aliphatic rings. The normalized spacial score (nSPS) is 12.1. The third kappa shape index (κ3) is 3.69. The Kier molecular flexibility index (Phi) is 5.04. The minimum atomic E-state index is -0.222. The van der Waals surface area contributed by atoms with E-state index in [1.807, 2.05) is 13.2 Å². The number of nitrogens with two attached hydrogens (primary N) is 1. The number of nitrogen functional groups attached to an aromatic ring is 1. The Hall–Kier alpha value is -1.30. The number of thioether (sulfide) groups is 1. The Morgan fingerprint density at radius 3 is 2.94 bits per heavy atom. The van der Waals surface area contributed by atoms with Gasteiger partial charge >= 0.3 is 0 Å². The number of aromatic nitrogens is 2. The lowest BCUT2D eigenvalue weighted by molar-refractivity contribution is 0.0934. The van der Waals surface area contributed by atoms with E-state index < -0.39 is 0 Å². The van der Waals surface area contributed by atoms with E-state index in [1.165, 1.54) is 12.4 Å². The van der Waals surface area contributed by atoms with E-state index in [0.717, 1.165) is 12.2 Å². The van der Waals surface area contributed by atoms with Crippen molar-refractivity contribution in [2.75, 3.05) is 17.7 Å². The van der Waals surface area contributed by atoms with Crippen LogP contribution in [0.1, 0.15) is 23.8 Å². The number of hydrogen-bond acceptors (Lipinski definition) is 5. The zero-order chi connectivity index (χ0) is 12.0. The number of nitrogens with zero attached hydrogens (tertiary/aromatic N) is 2. The molecular formula is C10H16N4OS. The first kappa shape index (κ1) is 12.8. The Morgan fingerprint density at radius 1 is 1.62 bits per heavy atom. The van der Waals surface area contributed by atoms with Crippen LogP contribution in [0.15, 0.2) is 12.4 Å². The van der Waals surface area contributed by atoms with Crippen LogP contribution in [0.2, 0.25) is 0 Å². The summed E-state index contributed by atoms with van der Waals surface area (Å²) in [5.41, 5.74) is 5.72. The number of carbonyl (C=O) groups is 1. The van der Waals surface area contributed by atoms with Gasteiger partial charge in [-0.1, -0.05) is 6.92 Å². The van der Waals surface area contributed by atoms with Crippen molar-refractivity contribution in [3.05, 3.63) is 18.1 Å². The molecule has 0 saturated heterocycles. The number of rotatable bonds is 5. The van der Waals surface area contributed by atoms with Crippen LogP contribution < -0.4 is 11.1 Å². The van der Waals surface area contributed by atoms with Gasteiger partial charge in [0.1, 0.15) is 11.5 Å². The molecule has 5 nitrogen and oxygen atoms in total. The molecule has 0 aromatic carbocycles. The Labute approximate surface area is 99.2 Å². The monoisotopic (exact) mass is 240 g/mol. The van der Waals surface area contributed by atoms with Gasteiger partial charge in [-0.3, -0.25) is 9.78 Å². The zero-order valence-corrected chi connectivity index (χ0v) is 10.3. The first-order valence-electron chi connectivity index (χ1n) is 5.04. The van der Waals surface area contributed by atoms with Gasteiger partial charge in [-0.15, -0.1) is 0 Å². The van der Waals surface area contributed by atoms with E-state index in [1.54, 1.807) is 11.8 Å². The second-order valence-corrected chi connectivity index (χ2v) is 4.27. The molecule has 0 aliphatic heterocycles. The molecule has 1 unspecified atom stereocenters. The fourth-order valence-electron chi connectivity index (χ4n) is 1.21. The first-order valence-corrected chi connectivity index (χ1v) is 6.44. The maximum Gasteiger partial charge on any atom is 0.271 e. The van der Waals surface area contributed by atoms with Gasteiger partial charge in [0.25, 0.3) is 5.91 Å². The molecule has 0 radical (unpaired) electrons. The molecule has 0 spiro atoms. The molecule has 1 atom stereocenters. The van der Waals surface area contributed by atoms with Crippen LogP contribution in [0, 0.1) is 0 Å². The lowest BCUT2D eigenvalue weighted by Gasteiger charge is -2.15. The minimum absolute atomic E-state index is 0.158. The second kappa shape index (κ2) is 6.32. The molecule has 16 heavy (non-hydrogen) atoms. The van der Waals surface area contributed by atoms with Crippen LogP contribution in [0.3, 0.4) is 0 Å². The maximum atomic E-state index is 11.8. The van der Waals surface area contributed by atoms with Crippen molar-refractivity contribution in [2.45, 2.75) is 19.4 Å². The first-order chi connectivity index (χ1) is 7.67. The third-order valence-electron chi connectivity index (χ3n) is 2.08. The van der Waals surface area contributed by atoms with E-state index in [2.05, 4.69) is 15.3 Å². The number of carbonyl (C=O) groups excluding carboxylic acids is 1. The standard InChI is InChI=1S/C10H16N4OS/c1-3-7(6-16-2)13-10(15)8-4-12-5-9(11)14-8/h4-5,7H,3,6H2,1-2H3,(H2,11,14)(H,13,15). The van der Waals surface area contributed by atoms with Crippen molar-refractivity contribution in [2.24, 2.45) is 0 Å². The molecule has 6 heteroatoms. The second-order valence-electron chi connectivity index (χ2n) is 3.36. The van der Waals surface area contributed by atoms with E-state index in [4.69, 9.17) is 5.73 Å². The third-order valence-corrected chi connectivity index (χ3v) is 2.82. The topological polar surface area (TPSA) is 80.9 Å². The summed E-state index contributed by atoms with van der Waals surface area (Å²) in [4.78, 5) is 19.5. The zero-order valence-electron chi connectivity index (χ0n) is 9.43. The molecule has 1 aromatic heterocycles. The Bertz CT molecular complexity index is 358. The fourth-order valence-corrected chi connectivity index (χ4v) is 1.93. The summed E-state index contributed by atoms with van der Waals surface area (Å²) in [5.74, 6) is 0.920. The molecule has 1 rings (SSSR count). The minimum Gasteiger partial charge on any atom is -0.382 e. The van der Waals surface area contributed by atoms with Gasteiger partial charge < -0.3 is 11.1 Å². The SMILES string of the molecule is CCC(CSC)NC(=O)c1cncc(N)n1. The molecule has 1 heterocycles. The summed E-state index contributed by atoms with van der Waals surface area (Å²) < 4.78 is 0. The molecule has 1 amide bonds. The molecule has 1 aromatic rings. The van der Waals surface area contributed by atoms with Gasteiger partial charge in [-0.25, -0.2) is 4.98 Å². The van der Waals surface area contributed by atoms with Crippen LogP contribution in [0.4, 0.5) is 5.82 Å². The van der Waals surface area contributed by atoms with Gasteiger partial charge in [0, 0.05) is 11.8 Å². The lowest BCUT2D eigenvalue weighted by atomic mass is 10.2. The van der Waals surface area contributed by atoms with E-state index in [0.29, 0.717) is 0 Å². The number of hydrogen-bond donors (Lipinski definition) is 2. The van der Waals surface area contributed by atoms with Gasteiger partial charge in [-0.05, 0) is 12.7 Å². The lowest BCUT2D eigenvalue weighted by Crippen LogP contribution is -2.36. The van der Waals surface area contributed by atoms with Crippen molar-refractivity contribution in [3.8, 4) is 0 Å². The molecule has 0 saturated carbocycles. The maximum absolute atomic E-state index is 11.8. The summed E-state index contributed by atoms with van der Waals surface area (Å²) in [6, 6.07) is 0.158. The Balaban J connectivity index is 2.64. The van der Waals surface area contributed by atoms with Crippen molar-refractivity contribution >= 4 is 23.5 Å². The molecule has 0 bridgehead atoms. The van der Waals surface area contributed by atoms with E-state index in [9.17, 15) is 4.79 Å². The fraction of sp³-hybridized carbons (Fsp3) is 0.500. The van der Waals surface area contributed by atoms with Crippen LogP contribution in [0.5, 0.6) is 0 Å². The quantitative estimate of drug-likeness (QED) is 0.800. The average molecular weight is 240 g/mol. The highest BCUT2D eigenvalue weighted by atomic mass is 32.2. The molecule has 88 valence electrons. The van der Waals surface area contributed by atoms with Crippen LogP contribution in [-0.2, 0) is 0 Å². The summed E-state index contributed by atoms with van der Waals surface area (Å²) in [6.07, 6.45) is 5.73. The van der Waals surface area contributed by atoms with Crippen LogP contribution in [0.25, 0.3) is 0 Å². The largest absolute Gasteiger partial charge is 0.382 e. The molecule has 3 N–H and O–H groups in total. The van der Waals surface area contributed by atoms with E-state index in [-0.39, 0.29) is 23.5 Å². The highest BCUT2D eigenvalue weighted by Crippen LogP contribution is 2.03. The van der Waals surface area contributed by atoms with Crippen molar-refractivity contribution in [1.29, 1.82) is 0 Å². The van der Waals surface area contributed by atoms with Crippen LogP contribution >= 0.6 is 11.8 Å². The summed E-state index contributed by atoms with van der Waals surface area (Å²) >= 11 is 1.70. The average Bonchev–Trinajstić information content (AvgIpc) is 2.28. The predicted octanol–water partition coefficient (Wildman–Crippen LogP) is 0.930. The number of anilines is 1. The van der Waals surface area contributed by atoms with Gasteiger partial charge in [0.2, 0.25) is 0 Å².